The van der Waals surface area contributed by atoms with Crippen LogP contribution < -0.4 is 0 Å². The highest BCUT2D eigenvalue weighted by Crippen LogP contribution is 2.28. The van der Waals surface area contributed by atoms with E-state index in [1.54, 1.807) is 24.4 Å². The lowest BCUT2D eigenvalue weighted by Gasteiger charge is -2.06. The summed E-state index contributed by atoms with van der Waals surface area (Å²) in [5.41, 5.74) is 1.32. The molecular formula is C14H8F2N2. The van der Waals surface area contributed by atoms with E-state index >= 15 is 0 Å². The molecule has 0 aliphatic rings. The molecule has 0 atom stereocenters. The number of fused-ring (bicyclic) bond motifs is 1. The van der Waals surface area contributed by atoms with Gasteiger partial charge in [0.15, 0.2) is 5.65 Å². The molecule has 0 N–H and O–H groups in total. The van der Waals surface area contributed by atoms with E-state index in [1.165, 1.54) is 12.3 Å². The van der Waals surface area contributed by atoms with Crippen molar-refractivity contribution in [1.29, 1.82) is 0 Å². The number of nitrogens with zero attached hydrogens (tertiary/aromatic N) is 2. The molecule has 2 nitrogen and oxygen atoms in total. The molecule has 0 aliphatic heterocycles. The van der Waals surface area contributed by atoms with Gasteiger partial charge in [0, 0.05) is 23.3 Å². The number of pyridine rings is 2. The highest BCUT2D eigenvalue weighted by molar-refractivity contribution is 5.92. The minimum absolute atomic E-state index is 0.218. The fraction of sp³-hybridized carbons (Fsp3) is 0. The predicted octanol–water partition coefficient (Wildman–Crippen LogP) is 3.58. The van der Waals surface area contributed by atoms with Gasteiger partial charge in [-0.2, -0.15) is 0 Å². The molecule has 1 aromatic carbocycles. The first-order valence-corrected chi connectivity index (χ1v) is 5.41. The van der Waals surface area contributed by atoms with Crippen molar-refractivity contribution < 1.29 is 8.78 Å². The maximum absolute atomic E-state index is 13.8. The molecule has 3 rings (SSSR count). The first-order valence-electron chi connectivity index (χ1n) is 5.41. The highest BCUT2D eigenvalue weighted by atomic mass is 19.1. The summed E-state index contributed by atoms with van der Waals surface area (Å²) in [6.07, 6.45) is 3.15. The van der Waals surface area contributed by atoms with Crippen molar-refractivity contribution >= 4 is 11.0 Å². The van der Waals surface area contributed by atoms with Crippen LogP contribution in [0.1, 0.15) is 0 Å². The van der Waals surface area contributed by atoms with E-state index in [2.05, 4.69) is 9.97 Å². The van der Waals surface area contributed by atoms with Gasteiger partial charge in [0.1, 0.15) is 11.6 Å². The van der Waals surface area contributed by atoms with Crippen LogP contribution in [0, 0.1) is 11.6 Å². The quantitative estimate of drug-likeness (QED) is 0.651. The standard InChI is InChI=1S/C14H8F2N2/c15-9-3-4-13(16)12(8-9)10-5-7-18-14-11(10)2-1-6-17-14/h1-8H. The van der Waals surface area contributed by atoms with Crippen LogP contribution in [0.4, 0.5) is 8.78 Å². The molecule has 0 saturated heterocycles. The van der Waals surface area contributed by atoms with E-state index in [0.717, 1.165) is 12.1 Å². The van der Waals surface area contributed by atoms with Crippen molar-refractivity contribution in [1.82, 2.24) is 9.97 Å². The van der Waals surface area contributed by atoms with Crippen LogP contribution >= 0.6 is 0 Å². The third-order valence-corrected chi connectivity index (χ3v) is 2.73. The minimum atomic E-state index is -0.472. The van der Waals surface area contributed by atoms with Crippen molar-refractivity contribution in [3.63, 3.8) is 0 Å². The number of halogens is 2. The van der Waals surface area contributed by atoms with Crippen molar-refractivity contribution in [3.05, 3.63) is 60.4 Å². The summed E-state index contributed by atoms with van der Waals surface area (Å²) in [4.78, 5) is 8.18. The summed E-state index contributed by atoms with van der Waals surface area (Å²) >= 11 is 0. The largest absolute Gasteiger partial charge is 0.237 e. The van der Waals surface area contributed by atoms with Crippen LogP contribution in [0.3, 0.4) is 0 Å². The molecule has 4 heteroatoms. The topological polar surface area (TPSA) is 25.8 Å². The maximum Gasteiger partial charge on any atom is 0.159 e. The van der Waals surface area contributed by atoms with Crippen molar-refractivity contribution in [2.24, 2.45) is 0 Å². The van der Waals surface area contributed by atoms with Crippen LogP contribution in [-0.2, 0) is 0 Å². The molecule has 0 aliphatic carbocycles. The molecule has 2 aromatic heterocycles. The molecule has 0 amide bonds. The van der Waals surface area contributed by atoms with Gasteiger partial charge in [-0.15, -0.1) is 0 Å². The van der Waals surface area contributed by atoms with Gasteiger partial charge in [0.25, 0.3) is 0 Å². The van der Waals surface area contributed by atoms with E-state index in [1.807, 2.05) is 0 Å². The molecule has 0 spiro atoms. The summed E-state index contributed by atoms with van der Waals surface area (Å²) in [5.74, 6) is -0.937. The first-order chi connectivity index (χ1) is 8.75. The van der Waals surface area contributed by atoms with Crippen molar-refractivity contribution in [3.8, 4) is 11.1 Å². The van der Waals surface area contributed by atoms with Gasteiger partial charge in [-0.3, -0.25) is 0 Å². The molecule has 18 heavy (non-hydrogen) atoms. The lowest BCUT2D eigenvalue weighted by atomic mass is 10.0. The fourth-order valence-corrected chi connectivity index (χ4v) is 1.92. The van der Waals surface area contributed by atoms with Gasteiger partial charge in [0.2, 0.25) is 0 Å². The summed E-state index contributed by atoms with van der Waals surface area (Å²) in [7, 11) is 0. The van der Waals surface area contributed by atoms with Crippen molar-refractivity contribution in [2.45, 2.75) is 0 Å². The van der Waals surface area contributed by atoms with Crippen molar-refractivity contribution in [2.75, 3.05) is 0 Å². The van der Waals surface area contributed by atoms with Crippen LogP contribution in [0.2, 0.25) is 0 Å². The van der Waals surface area contributed by atoms with E-state index in [4.69, 9.17) is 0 Å². The van der Waals surface area contributed by atoms with Crippen LogP contribution in [-0.4, -0.2) is 9.97 Å². The molecule has 0 bridgehead atoms. The Morgan fingerprint density at radius 1 is 0.833 bits per heavy atom. The minimum Gasteiger partial charge on any atom is -0.237 e. The smallest absolute Gasteiger partial charge is 0.159 e. The third-order valence-electron chi connectivity index (χ3n) is 2.73. The lowest BCUT2D eigenvalue weighted by molar-refractivity contribution is 0.603. The Morgan fingerprint density at radius 2 is 1.67 bits per heavy atom. The molecule has 3 aromatic rings. The zero-order valence-corrected chi connectivity index (χ0v) is 9.27. The monoisotopic (exact) mass is 242 g/mol. The molecule has 0 saturated carbocycles. The summed E-state index contributed by atoms with van der Waals surface area (Å²) in [5, 5.41) is 0.699. The zero-order valence-electron chi connectivity index (χ0n) is 9.27. The van der Waals surface area contributed by atoms with Gasteiger partial charge in [0.05, 0.1) is 0 Å². The predicted molar refractivity (Wildman–Crippen MR) is 64.9 cm³/mol. The summed E-state index contributed by atoms with van der Waals surface area (Å²) < 4.78 is 27.0. The van der Waals surface area contributed by atoms with Gasteiger partial charge in [-0.05, 0) is 42.0 Å². The number of benzene rings is 1. The van der Waals surface area contributed by atoms with Gasteiger partial charge in [-0.25, -0.2) is 18.7 Å². The molecule has 0 radical (unpaired) electrons. The van der Waals surface area contributed by atoms with E-state index < -0.39 is 11.6 Å². The molecule has 0 fully saturated rings. The summed E-state index contributed by atoms with van der Waals surface area (Å²) in [6.45, 7) is 0. The Kier molecular flexibility index (Phi) is 2.48. The molecule has 88 valence electrons. The van der Waals surface area contributed by atoms with Crippen LogP contribution in [0.25, 0.3) is 22.2 Å². The maximum atomic E-state index is 13.8. The Balaban J connectivity index is 2.35. The third kappa shape index (κ3) is 1.72. The SMILES string of the molecule is Fc1ccc(F)c(-c2ccnc3ncccc23)c1. The van der Waals surface area contributed by atoms with Crippen LogP contribution in [0.5, 0.6) is 0 Å². The second-order valence-electron chi connectivity index (χ2n) is 3.86. The molecule has 0 unspecified atom stereocenters. The summed E-state index contributed by atoms with van der Waals surface area (Å²) in [6, 6.07) is 8.58. The fourth-order valence-electron chi connectivity index (χ4n) is 1.92. The number of aromatic nitrogens is 2. The Bertz CT molecular complexity index is 721. The van der Waals surface area contributed by atoms with Gasteiger partial charge in [-0.1, -0.05) is 0 Å². The Morgan fingerprint density at radius 3 is 2.56 bits per heavy atom. The zero-order chi connectivity index (χ0) is 12.5. The van der Waals surface area contributed by atoms with Gasteiger partial charge < -0.3 is 0 Å². The lowest BCUT2D eigenvalue weighted by Crippen LogP contribution is -1.90. The number of hydrogen-bond donors (Lipinski definition) is 0. The van der Waals surface area contributed by atoms with E-state index in [0.29, 0.717) is 16.6 Å². The first kappa shape index (κ1) is 10.8. The van der Waals surface area contributed by atoms with E-state index in [9.17, 15) is 8.78 Å². The average Bonchev–Trinajstić information content (AvgIpc) is 2.41. The van der Waals surface area contributed by atoms with E-state index in [-0.39, 0.29) is 5.56 Å². The Hall–Kier alpha value is -2.36. The van der Waals surface area contributed by atoms with Gasteiger partial charge >= 0.3 is 0 Å². The second-order valence-corrected chi connectivity index (χ2v) is 3.86. The molecular weight excluding hydrogens is 234 g/mol. The van der Waals surface area contributed by atoms with Crippen LogP contribution in [0.15, 0.2) is 48.8 Å². The Labute approximate surface area is 102 Å². The molecule has 2 heterocycles. The normalized spacial score (nSPS) is 10.8. The highest BCUT2D eigenvalue weighted by Gasteiger charge is 2.10. The number of rotatable bonds is 1. The number of hydrogen-bond acceptors (Lipinski definition) is 2. The second kappa shape index (κ2) is 4.14. The average molecular weight is 242 g/mol.